The van der Waals surface area contributed by atoms with Crippen LogP contribution in [0.1, 0.15) is 16.1 Å². The van der Waals surface area contributed by atoms with Gasteiger partial charge in [-0.05, 0) is 12.1 Å². The first-order valence-corrected chi connectivity index (χ1v) is 9.38. The van der Waals surface area contributed by atoms with Gasteiger partial charge in [0.1, 0.15) is 11.4 Å². The molecule has 28 heavy (non-hydrogen) atoms. The zero-order valence-electron chi connectivity index (χ0n) is 15.2. The van der Waals surface area contributed by atoms with Crippen LogP contribution in [0.4, 0.5) is 4.39 Å². The number of nitrogens with zero attached hydrogens (tertiary/aromatic N) is 5. The highest BCUT2D eigenvalue weighted by Gasteiger charge is 2.17. The summed E-state index contributed by atoms with van der Waals surface area (Å²) in [6, 6.07) is 6.18. The summed E-state index contributed by atoms with van der Waals surface area (Å²) in [7, 11) is 3.20. The van der Waals surface area contributed by atoms with E-state index in [4.69, 9.17) is 4.74 Å². The second-order valence-electron chi connectivity index (χ2n) is 6.10. The zero-order chi connectivity index (χ0) is 19.7. The Morgan fingerprint density at radius 2 is 2.21 bits per heavy atom. The number of carbonyl (C=O) groups excluding carboxylic acids is 1. The Bertz CT molecular complexity index is 1150. The molecule has 0 spiro atoms. The molecule has 0 atom stereocenters. The molecule has 0 bridgehead atoms. The molecular formula is C18H17FN6O2S. The van der Waals surface area contributed by atoms with E-state index in [1.54, 1.807) is 29.9 Å². The number of hydrogen-bond acceptors (Lipinski definition) is 6. The Hall–Kier alpha value is -3.27. The molecule has 1 N–H and O–H groups in total. The van der Waals surface area contributed by atoms with Gasteiger partial charge in [0.05, 0.1) is 12.8 Å². The molecule has 144 valence electrons. The van der Waals surface area contributed by atoms with Crippen molar-refractivity contribution in [2.24, 2.45) is 7.05 Å². The topological polar surface area (TPSA) is 86.3 Å². The number of aromatic nitrogens is 5. The SMILES string of the molecule is COc1nn(C)cc1C(=O)NCCc1csc2nc(-c3cccc(F)c3)nn12. The van der Waals surface area contributed by atoms with E-state index < -0.39 is 0 Å². The van der Waals surface area contributed by atoms with Gasteiger partial charge in [-0.25, -0.2) is 8.91 Å². The molecule has 0 saturated heterocycles. The predicted molar refractivity (Wildman–Crippen MR) is 102 cm³/mol. The van der Waals surface area contributed by atoms with Crippen LogP contribution in [0.25, 0.3) is 16.3 Å². The van der Waals surface area contributed by atoms with E-state index in [1.807, 2.05) is 5.38 Å². The molecule has 0 aliphatic carbocycles. The summed E-state index contributed by atoms with van der Waals surface area (Å²) >= 11 is 1.45. The van der Waals surface area contributed by atoms with Gasteiger partial charge in [0.2, 0.25) is 10.8 Å². The summed E-state index contributed by atoms with van der Waals surface area (Å²) in [5.74, 6) is 0.172. The van der Waals surface area contributed by atoms with Crippen molar-refractivity contribution in [1.29, 1.82) is 0 Å². The van der Waals surface area contributed by atoms with Crippen LogP contribution in [0.5, 0.6) is 5.88 Å². The van der Waals surface area contributed by atoms with E-state index in [2.05, 4.69) is 20.5 Å². The van der Waals surface area contributed by atoms with Crippen molar-refractivity contribution >= 4 is 22.2 Å². The van der Waals surface area contributed by atoms with E-state index in [-0.39, 0.29) is 17.6 Å². The van der Waals surface area contributed by atoms with Gasteiger partial charge in [-0.15, -0.1) is 21.5 Å². The van der Waals surface area contributed by atoms with E-state index in [9.17, 15) is 9.18 Å². The molecule has 0 unspecified atom stereocenters. The maximum Gasteiger partial charge on any atom is 0.258 e. The molecular weight excluding hydrogens is 383 g/mol. The number of ether oxygens (including phenoxy) is 1. The van der Waals surface area contributed by atoms with Gasteiger partial charge in [0, 0.05) is 37.2 Å². The molecule has 3 aromatic heterocycles. The normalized spacial score (nSPS) is 11.1. The largest absolute Gasteiger partial charge is 0.479 e. The lowest BCUT2D eigenvalue weighted by Gasteiger charge is -2.04. The zero-order valence-corrected chi connectivity index (χ0v) is 16.0. The average molecular weight is 400 g/mol. The van der Waals surface area contributed by atoms with Crippen LogP contribution in [-0.2, 0) is 13.5 Å². The van der Waals surface area contributed by atoms with Crippen molar-refractivity contribution in [2.75, 3.05) is 13.7 Å². The number of benzene rings is 1. The third-order valence-electron chi connectivity index (χ3n) is 4.13. The molecule has 3 heterocycles. The number of rotatable bonds is 6. The number of nitrogens with one attached hydrogen (secondary N) is 1. The lowest BCUT2D eigenvalue weighted by atomic mass is 10.2. The van der Waals surface area contributed by atoms with Crippen molar-refractivity contribution in [3.05, 3.63) is 52.9 Å². The van der Waals surface area contributed by atoms with Gasteiger partial charge in [0.25, 0.3) is 5.91 Å². The van der Waals surface area contributed by atoms with Crippen molar-refractivity contribution in [2.45, 2.75) is 6.42 Å². The van der Waals surface area contributed by atoms with Crippen molar-refractivity contribution in [1.82, 2.24) is 29.7 Å². The minimum atomic E-state index is -0.329. The third kappa shape index (κ3) is 3.46. The lowest BCUT2D eigenvalue weighted by molar-refractivity contribution is 0.0951. The van der Waals surface area contributed by atoms with E-state index in [0.717, 1.165) is 10.7 Å². The van der Waals surface area contributed by atoms with Crippen LogP contribution in [0, 0.1) is 5.82 Å². The molecule has 0 aliphatic rings. The fourth-order valence-corrected chi connectivity index (χ4v) is 3.68. The maximum atomic E-state index is 13.4. The van der Waals surface area contributed by atoms with E-state index >= 15 is 0 Å². The molecule has 0 fully saturated rings. The van der Waals surface area contributed by atoms with Gasteiger partial charge in [-0.3, -0.25) is 9.48 Å². The van der Waals surface area contributed by atoms with Crippen LogP contribution in [0.2, 0.25) is 0 Å². The Labute approximate surface area is 163 Å². The first kappa shape index (κ1) is 18.1. The van der Waals surface area contributed by atoms with Gasteiger partial charge in [-0.2, -0.15) is 4.98 Å². The maximum absolute atomic E-state index is 13.4. The minimum Gasteiger partial charge on any atom is -0.479 e. The number of halogens is 1. The monoisotopic (exact) mass is 400 g/mol. The first-order chi connectivity index (χ1) is 13.5. The summed E-state index contributed by atoms with van der Waals surface area (Å²) in [4.78, 5) is 17.5. The fraction of sp³-hybridized carbons (Fsp3) is 0.222. The van der Waals surface area contributed by atoms with Gasteiger partial charge in [-0.1, -0.05) is 12.1 Å². The van der Waals surface area contributed by atoms with Crippen LogP contribution < -0.4 is 10.1 Å². The molecule has 8 nitrogen and oxygen atoms in total. The Morgan fingerprint density at radius 1 is 1.36 bits per heavy atom. The molecule has 0 radical (unpaired) electrons. The highest BCUT2D eigenvalue weighted by atomic mass is 32.1. The summed E-state index contributed by atoms with van der Waals surface area (Å²) in [5, 5.41) is 13.4. The Balaban J connectivity index is 1.46. The molecule has 1 amide bonds. The van der Waals surface area contributed by atoms with Crippen LogP contribution >= 0.6 is 11.3 Å². The smallest absolute Gasteiger partial charge is 0.258 e. The summed E-state index contributed by atoms with van der Waals surface area (Å²) in [6.07, 6.45) is 2.18. The molecule has 1 aromatic carbocycles. The quantitative estimate of drug-likeness (QED) is 0.537. The standard InChI is InChI=1S/C18H17FN6O2S/c1-24-9-14(17(23-24)27-2)16(26)20-7-6-13-10-28-18-21-15(22-25(13)18)11-4-3-5-12(19)8-11/h3-5,8-10H,6-7H2,1-2H3,(H,20,26). The van der Waals surface area contributed by atoms with E-state index in [0.29, 0.717) is 29.9 Å². The number of amides is 1. The molecule has 4 aromatic rings. The van der Waals surface area contributed by atoms with Crippen molar-refractivity contribution in [3.63, 3.8) is 0 Å². The number of methoxy groups -OCH3 is 1. The van der Waals surface area contributed by atoms with Crippen molar-refractivity contribution < 1.29 is 13.9 Å². The van der Waals surface area contributed by atoms with E-state index in [1.165, 1.54) is 35.3 Å². The second-order valence-corrected chi connectivity index (χ2v) is 6.94. The number of hydrogen-bond donors (Lipinski definition) is 1. The highest BCUT2D eigenvalue weighted by Crippen LogP contribution is 2.21. The highest BCUT2D eigenvalue weighted by molar-refractivity contribution is 7.15. The average Bonchev–Trinajstić information content (AvgIpc) is 3.36. The van der Waals surface area contributed by atoms with Gasteiger partial charge >= 0.3 is 0 Å². The molecule has 0 aliphatic heterocycles. The minimum absolute atomic E-state index is 0.254. The van der Waals surface area contributed by atoms with Crippen LogP contribution in [-0.4, -0.2) is 43.9 Å². The first-order valence-electron chi connectivity index (χ1n) is 8.50. The summed E-state index contributed by atoms with van der Waals surface area (Å²) in [5.41, 5.74) is 1.92. The third-order valence-corrected chi connectivity index (χ3v) is 5.00. The lowest BCUT2D eigenvalue weighted by Crippen LogP contribution is -2.26. The number of carbonyl (C=O) groups is 1. The number of thiazole rings is 1. The summed E-state index contributed by atoms with van der Waals surface area (Å²) in [6.45, 7) is 0.415. The summed E-state index contributed by atoms with van der Waals surface area (Å²) < 4.78 is 21.8. The van der Waals surface area contributed by atoms with Crippen molar-refractivity contribution in [3.8, 4) is 17.3 Å². The second kappa shape index (κ2) is 7.39. The van der Waals surface area contributed by atoms with Crippen LogP contribution in [0.15, 0.2) is 35.8 Å². The van der Waals surface area contributed by atoms with Crippen LogP contribution in [0.3, 0.4) is 0 Å². The molecule has 10 heteroatoms. The number of aryl methyl sites for hydroxylation is 1. The molecule has 4 rings (SSSR count). The molecule has 0 saturated carbocycles. The number of fused-ring (bicyclic) bond motifs is 1. The predicted octanol–water partition coefficient (Wildman–Crippen LogP) is 2.31. The van der Waals surface area contributed by atoms with Gasteiger partial charge < -0.3 is 10.1 Å². The van der Waals surface area contributed by atoms with Gasteiger partial charge in [0.15, 0.2) is 5.82 Å². The fourth-order valence-electron chi connectivity index (χ4n) is 2.82. The Kier molecular flexibility index (Phi) is 4.78. The Morgan fingerprint density at radius 3 is 3.00 bits per heavy atom.